The molecule has 3 rings (SSSR count). The Morgan fingerprint density at radius 1 is 1.42 bits per heavy atom. The Morgan fingerprint density at radius 2 is 2.21 bits per heavy atom. The molecular weight excluding hydrogens is 332 g/mol. The van der Waals surface area contributed by atoms with Gasteiger partial charge in [0.05, 0.1) is 33.3 Å². The van der Waals surface area contributed by atoms with Crippen molar-refractivity contribution in [2.24, 2.45) is 0 Å². The highest BCUT2D eigenvalue weighted by molar-refractivity contribution is 7.99. The van der Waals surface area contributed by atoms with Crippen molar-refractivity contribution in [3.63, 3.8) is 0 Å². The fraction of sp³-hybridized carbons (Fsp3) is 0.0714. The number of nitrogens with zero attached hydrogens (tertiary/aromatic N) is 5. The third-order valence-corrected chi connectivity index (χ3v) is 4.28. The van der Waals surface area contributed by atoms with E-state index in [1.807, 2.05) is 6.07 Å². The molecule has 2 aromatic heterocycles. The van der Waals surface area contributed by atoms with Crippen LogP contribution in [0.15, 0.2) is 45.0 Å². The topological polar surface area (TPSA) is 137 Å². The molecule has 0 fully saturated rings. The first kappa shape index (κ1) is 15.6. The Bertz CT molecular complexity index is 971. The summed E-state index contributed by atoms with van der Waals surface area (Å²) < 4.78 is 6.45. The molecule has 0 aliphatic rings. The first-order valence-corrected chi connectivity index (χ1v) is 7.44. The summed E-state index contributed by atoms with van der Waals surface area (Å²) in [4.78, 5) is 11.0. The number of nitro groups is 1. The monoisotopic (exact) mass is 342 g/mol. The van der Waals surface area contributed by atoms with Crippen LogP contribution in [0.2, 0.25) is 0 Å². The predicted octanol–water partition coefficient (Wildman–Crippen LogP) is 2.49. The summed E-state index contributed by atoms with van der Waals surface area (Å²) in [6.07, 6.45) is 1.51. The third kappa shape index (κ3) is 2.68. The zero-order valence-corrected chi connectivity index (χ0v) is 13.1. The van der Waals surface area contributed by atoms with Crippen LogP contribution < -0.4 is 5.84 Å². The second kappa shape index (κ2) is 6.05. The fourth-order valence-corrected chi connectivity index (χ4v) is 2.90. The predicted molar refractivity (Wildman–Crippen MR) is 84.5 cm³/mol. The molecule has 0 aliphatic carbocycles. The molecule has 2 heterocycles. The van der Waals surface area contributed by atoms with Crippen molar-refractivity contribution in [1.29, 1.82) is 5.26 Å². The summed E-state index contributed by atoms with van der Waals surface area (Å²) >= 11 is 0.995. The highest BCUT2D eigenvalue weighted by Crippen LogP contribution is 2.35. The zero-order chi connectivity index (χ0) is 17.3. The Labute approximate surface area is 139 Å². The lowest BCUT2D eigenvalue weighted by Gasteiger charge is -2.04. The molecule has 0 unspecified atom stereocenters. The number of aromatic nitrogens is 3. The van der Waals surface area contributed by atoms with Gasteiger partial charge in [-0.25, -0.2) is 4.68 Å². The molecule has 0 radical (unpaired) electrons. The van der Waals surface area contributed by atoms with Crippen LogP contribution in [0.25, 0.3) is 11.4 Å². The van der Waals surface area contributed by atoms with Gasteiger partial charge in [0.15, 0.2) is 5.82 Å². The van der Waals surface area contributed by atoms with Gasteiger partial charge in [0.1, 0.15) is 5.76 Å². The van der Waals surface area contributed by atoms with E-state index in [0.717, 1.165) is 11.8 Å². The molecule has 1 aromatic carbocycles. The van der Waals surface area contributed by atoms with Crippen LogP contribution in [-0.2, 0) is 0 Å². The van der Waals surface area contributed by atoms with Gasteiger partial charge in [-0.1, -0.05) is 0 Å². The van der Waals surface area contributed by atoms with Crippen LogP contribution >= 0.6 is 11.8 Å². The first-order chi connectivity index (χ1) is 11.5. The molecule has 9 nitrogen and oxygen atoms in total. The van der Waals surface area contributed by atoms with Crippen molar-refractivity contribution in [2.45, 2.75) is 17.0 Å². The molecule has 0 bridgehead atoms. The van der Waals surface area contributed by atoms with Crippen molar-refractivity contribution in [2.75, 3.05) is 5.84 Å². The van der Waals surface area contributed by atoms with Gasteiger partial charge in [-0.05, 0) is 36.9 Å². The summed E-state index contributed by atoms with van der Waals surface area (Å²) in [6, 6.07) is 7.77. The lowest BCUT2D eigenvalue weighted by Crippen LogP contribution is -2.11. The van der Waals surface area contributed by atoms with E-state index < -0.39 is 4.92 Å². The second-order valence-corrected chi connectivity index (χ2v) is 5.73. The number of benzene rings is 1. The molecule has 0 saturated heterocycles. The highest BCUT2D eigenvalue weighted by Gasteiger charge is 2.21. The Kier molecular flexibility index (Phi) is 3.93. The number of furan rings is 1. The van der Waals surface area contributed by atoms with Gasteiger partial charge >= 0.3 is 0 Å². The quantitative estimate of drug-likeness (QED) is 0.433. The molecule has 10 heteroatoms. The van der Waals surface area contributed by atoms with E-state index >= 15 is 0 Å². The van der Waals surface area contributed by atoms with Gasteiger partial charge < -0.3 is 10.3 Å². The maximum atomic E-state index is 11.2. The Balaban J connectivity index is 1.99. The van der Waals surface area contributed by atoms with Crippen LogP contribution in [0.1, 0.15) is 11.3 Å². The number of hydrogen-bond donors (Lipinski definition) is 1. The molecular formula is C14H10N6O3S. The van der Waals surface area contributed by atoms with Crippen molar-refractivity contribution in [1.82, 2.24) is 14.9 Å². The van der Waals surface area contributed by atoms with Gasteiger partial charge in [-0.2, -0.15) is 5.26 Å². The summed E-state index contributed by atoms with van der Waals surface area (Å²) in [5, 5.41) is 28.3. The molecule has 0 aliphatic heterocycles. The molecule has 0 amide bonds. The molecule has 0 saturated carbocycles. The minimum atomic E-state index is -0.554. The highest BCUT2D eigenvalue weighted by atomic mass is 32.2. The van der Waals surface area contributed by atoms with Crippen molar-refractivity contribution in [3.8, 4) is 17.5 Å². The molecule has 0 atom stereocenters. The molecule has 0 spiro atoms. The van der Waals surface area contributed by atoms with E-state index in [4.69, 9.17) is 15.5 Å². The van der Waals surface area contributed by atoms with Crippen LogP contribution in [0.3, 0.4) is 0 Å². The number of aryl methyl sites for hydroxylation is 1. The molecule has 3 aromatic rings. The number of hydrogen-bond acceptors (Lipinski definition) is 8. The van der Waals surface area contributed by atoms with Gasteiger partial charge in [-0.15, -0.1) is 10.2 Å². The fourth-order valence-electron chi connectivity index (χ4n) is 2.06. The lowest BCUT2D eigenvalue weighted by molar-refractivity contribution is -0.387. The number of nitrogens with two attached hydrogens (primary N) is 1. The number of nitriles is 1. The molecule has 24 heavy (non-hydrogen) atoms. The van der Waals surface area contributed by atoms with Crippen molar-refractivity contribution >= 4 is 17.4 Å². The SMILES string of the molecule is Cc1occc1-c1nnc(Sc2ccc(C#N)cc2[N+](=O)[O-])n1N. The summed E-state index contributed by atoms with van der Waals surface area (Å²) in [5.74, 6) is 7.02. The second-order valence-electron chi connectivity index (χ2n) is 4.72. The smallest absolute Gasteiger partial charge is 0.284 e. The van der Waals surface area contributed by atoms with E-state index in [1.54, 1.807) is 13.0 Å². The van der Waals surface area contributed by atoms with Gasteiger partial charge in [0.2, 0.25) is 5.16 Å². The summed E-state index contributed by atoms with van der Waals surface area (Å²) in [7, 11) is 0. The minimum absolute atomic E-state index is 0.192. The van der Waals surface area contributed by atoms with Gasteiger partial charge in [-0.3, -0.25) is 10.1 Å². The number of rotatable bonds is 4. The normalized spacial score (nSPS) is 10.5. The van der Waals surface area contributed by atoms with Gasteiger partial charge in [0, 0.05) is 6.07 Å². The van der Waals surface area contributed by atoms with Crippen LogP contribution in [-0.4, -0.2) is 19.8 Å². The van der Waals surface area contributed by atoms with E-state index in [-0.39, 0.29) is 16.4 Å². The molecule has 2 N–H and O–H groups in total. The first-order valence-electron chi connectivity index (χ1n) is 6.62. The average Bonchev–Trinajstić information content (AvgIpc) is 3.14. The van der Waals surface area contributed by atoms with Crippen LogP contribution in [0.4, 0.5) is 5.69 Å². The van der Waals surface area contributed by atoms with Crippen molar-refractivity contribution in [3.05, 3.63) is 52.0 Å². The maximum absolute atomic E-state index is 11.2. The van der Waals surface area contributed by atoms with Crippen LogP contribution in [0, 0.1) is 28.4 Å². The van der Waals surface area contributed by atoms with E-state index in [1.165, 1.54) is 29.1 Å². The van der Waals surface area contributed by atoms with E-state index in [2.05, 4.69) is 10.2 Å². The maximum Gasteiger partial charge on any atom is 0.284 e. The van der Waals surface area contributed by atoms with Crippen molar-refractivity contribution < 1.29 is 9.34 Å². The molecule has 120 valence electrons. The van der Waals surface area contributed by atoms with E-state index in [0.29, 0.717) is 22.0 Å². The Morgan fingerprint density at radius 3 is 2.83 bits per heavy atom. The largest absolute Gasteiger partial charge is 0.469 e. The lowest BCUT2D eigenvalue weighted by atomic mass is 10.2. The standard InChI is InChI=1S/C14H10N6O3S/c1-8-10(4-5-23-8)13-17-18-14(19(13)16)24-12-3-2-9(7-15)6-11(12)20(21)22/h2-6H,16H2,1H3. The third-order valence-electron chi connectivity index (χ3n) is 3.25. The number of nitrogen functional groups attached to an aromatic ring is 1. The minimum Gasteiger partial charge on any atom is -0.469 e. The van der Waals surface area contributed by atoms with E-state index in [9.17, 15) is 10.1 Å². The summed E-state index contributed by atoms with van der Waals surface area (Å²) in [5.41, 5.74) is 0.698. The van der Waals surface area contributed by atoms with Crippen LogP contribution in [0.5, 0.6) is 0 Å². The Hall–Kier alpha value is -3.32. The summed E-state index contributed by atoms with van der Waals surface area (Å²) in [6.45, 7) is 1.77. The zero-order valence-electron chi connectivity index (χ0n) is 12.3. The number of nitro benzene ring substituents is 1. The average molecular weight is 342 g/mol. The van der Waals surface area contributed by atoms with Gasteiger partial charge in [0.25, 0.3) is 5.69 Å².